The van der Waals surface area contributed by atoms with E-state index in [0.29, 0.717) is 23.7 Å². The minimum atomic E-state index is -1.10. The van der Waals surface area contributed by atoms with Crippen LogP contribution >= 0.6 is 0 Å². The van der Waals surface area contributed by atoms with E-state index < -0.39 is 5.60 Å². The molecule has 4 atom stereocenters. The van der Waals surface area contributed by atoms with E-state index in [4.69, 9.17) is 18.7 Å². The van der Waals surface area contributed by atoms with E-state index in [2.05, 4.69) is 10.1 Å². The van der Waals surface area contributed by atoms with Gasteiger partial charge in [0.15, 0.2) is 11.4 Å². The smallest absolute Gasteiger partial charge is 0.265 e. The van der Waals surface area contributed by atoms with Gasteiger partial charge < -0.3 is 18.7 Å². The lowest BCUT2D eigenvalue weighted by atomic mass is 9.67. The number of nitrogens with zero attached hydrogens (tertiary/aromatic N) is 2. The van der Waals surface area contributed by atoms with Gasteiger partial charge in [0.2, 0.25) is 5.78 Å². The van der Waals surface area contributed by atoms with Crippen molar-refractivity contribution in [3.05, 3.63) is 59.1 Å². The van der Waals surface area contributed by atoms with Crippen LogP contribution < -0.4 is 4.74 Å². The highest BCUT2D eigenvalue weighted by molar-refractivity contribution is 6.09. The second-order valence-electron chi connectivity index (χ2n) is 8.49. The molecule has 6 rings (SSSR count). The summed E-state index contributed by atoms with van der Waals surface area (Å²) in [6.07, 6.45) is 4.90. The van der Waals surface area contributed by atoms with Crippen molar-refractivity contribution >= 4 is 5.78 Å². The number of ether oxygens (including phenoxy) is 3. The number of hydrogen-bond acceptors (Lipinski definition) is 7. The van der Waals surface area contributed by atoms with Gasteiger partial charge in [0, 0.05) is 5.92 Å². The van der Waals surface area contributed by atoms with E-state index in [9.17, 15) is 4.79 Å². The second kappa shape index (κ2) is 6.68. The standard InChI is InChI=1S/C23H24N2O5/c1-27-17-12-15-11-16-19(25-9-5-6-10-25)20-18(21(26)23(16,17)29-15)22(24-30-20)28-13-14-7-3-2-4-8-14/h2-4,7-8,12,15-16,19H,5-6,9-11,13H2,1H3/t15-,16?,19-,23+/m0/s1. The molecule has 7 heteroatoms. The molecule has 0 saturated carbocycles. The summed E-state index contributed by atoms with van der Waals surface area (Å²) in [5.74, 6) is 1.27. The molecule has 1 aromatic heterocycles. The summed E-state index contributed by atoms with van der Waals surface area (Å²) in [6, 6.07) is 9.75. The first-order chi connectivity index (χ1) is 14.7. The molecule has 1 unspecified atom stereocenters. The average Bonchev–Trinajstić information content (AvgIpc) is 3.56. The summed E-state index contributed by atoms with van der Waals surface area (Å²) in [5.41, 5.74) is 0.306. The lowest BCUT2D eigenvalue weighted by Crippen LogP contribution is -2.54. The first-order valence-corrected chi connectivity index (χ1v) is 10.6. The van der Waals surface area contributed by atoms with Crippen LogP contribution in [0.5, 0.6) is 5.88 Å². The van der Waals surface area contributed by atoms with E-state index >= 15 is 0 Å². The average molecular weight is 408 g/mol. The summed E-state index contributed by atoms with van der Waals surface area (Å²) >= 11 is 0. The van der Waals surface area contributed by atoms with Crippen LogP contribution in [-0.4, -0.2) is 47.7 Å². The Bertz CT molecular complexity index is 1010. The molecule has 1 aliphatic carbocycles. The van der Waals surface area contributed by atoms with Gasteiger partial charge >= 0.3 is 0 Å². The third-order valence-electron chi connectivity index (χ3n) is 6.92. The van der Waals surface area contributed by atoms with Crippen molar-refractivity contribution in [2.45, 2.75) is 43.6 Å². The van der Waals surface area contributed by atoms with Crippen molar-refractivity contribution in [2.75, 3.05) is 20.2 Å². The molecule has 2 aromatic rings. The number of fused-ring (bicyclic) bond motifs is 2. The molecule has 30 heavy (non-hydrogen) atoms. The number of methoxy groups -OCH3 is 1. The number of carbonyl (C=O) groups is 1. The number of Topliss-reactive ketones (excluding diaryl/α,β-unsaturated/α-hetero) is 1. The molecule has 156 valence electrons. The number of likely N-dealkylation sites (tertiary alicyclic amines) is 1. The van der Waals surface area contributed by atoms with E-state index in [1.807, 2.05) is 36.4 Å². The lowest BCUT2D eigenvalue weighted by Gasteiger charge is -2.43. The van der Waals surface area contributed by atoms with Crippen molar-refractivity contribution in [1.82, 2.24) is 10.1 Å². The molecule has 4 aliphatic rings. The Balaban J connectivity index is 1.43. The Hall–Kier alpha value is -2.64. The summed E-state index contributed by atoms with van der Waals surface area (Å²) in [7, 11) is 1.61. The predicted molar refractivity (Wildman–Crippen MR) is 106 cm³/mol. The topological polar surface area (TPSA) is 74.0 Å². The van der Waals surface area contributed by atoms with Crippen molar-refractivity contribution in [1.29, 1.82) is 0 Å². The van der Waals surface area contributed by atoms with Crippen LogP contribution in [0.4, 0.5) is 0 Å². The highest BCUT2D eigenvalue weighted by Crippen LogP contribution is 2.60. The minimum Gasteiger partial charge on any atom is -0.498 e. The Labute approximate surface area is 174 Å². The fourth-order valence-corrected chi connectivity index (χ4v) is 5.66. The normalized spacial score (nSPS) is 32.1. The summed E-state index contributed by atoms with van der Waals surface area (Å²) in [6.45, 7) is 2.26. The maximum Gasteiger partial charge on any atom is 0.265 e. The molecular weight excluding hydrogens is 384 g/mol. The van der Waals surface area contributed by atoms with Gasteiger partial charge in [0.1, 0.15) is 17.9 Å². The zero-order valence-corrected chi connectivity index (χ0v) is 16.9. The largest absolute Gasteiger partial charge is 0.498 e. The fraction of sp³-hybridized carbons (Fsp3) is 0.478. The second-order valence-corrected chi connectivity index (χ2v) is 8.49. The van der Waals surface area contributed by atoms with Crippen molar-refractivity contribution in [3.8, 4) is 5.88 Å². The van der Waals surface area contributed by atoms with Gasteiger partial charge in [-0.1, -0.05) is 30.3 Å². The van der Waals surface area contributed by atoms with Gasteiger partial charge in [-0.2, -0.15) is 0 Å². The van der Waals surface area contributed by atoms with Gasteiger partial charge in [-0.05, 0) is 49.1 Å². The van der Waals surface area contributed by atoms with E-state index in [0.717, 1.165) is 37.9 Å². The van der Waals surface area contributed by atoms with Crippen LogP contribution in [0.1, 0.15) is 47.0 Å². The molecule has 7 nitrogen and oxygen atoms in total. The predicted octanol–water partition coefficient (Wildman–Crippen LogP) is 3.27. The van der Waals surface area contributed by atoms with Crippen LogP contribution in [0.25, 0.3) is 0 Å². The maximum atomic E-state index is 13.9. The molecule has 2 bridgehead atoms. The Morgan fingerprint density at radius 1 is 1.23 bits per heavy atom. The number of rotatable bonds is 5. The van der Waals surface area contributed by atoms with Gasteiger partial charge in [0.25, 0.3) is 5.88 Å². The van der Waals surface area contributed by atoms with Crippen LogP contribution in [-0.2, 0) is 16.1 Å². The molecule has 3 aliphatic heterocycles. The maximum absolute atomic E-state index is 13.9. The number of carbonyl (C=O) groups excluding carboxylic acids is 1. The minimum absolute atomic E-state index is 0.0459. The molecule has 2 saturated heterocycles. The van der Waals surface area contributed by atoms with Crippen molar-refractivity contribution in [3.63, 3.8) is 0 Å². The lowest BCUT2D eigenvalue weighted by molar-refractivity contribution is -0.0339. The van der Waals surface area contributed by atoms with Crippen LogP contribution in [0, 0.1) is 5.92 Å². The first-order valence-electron chi connectivity index (χ1n) is 10.6. The molecule has 0 radical (unpaired) electrons. The molecule has 1 spiro atoms. The Kier molecular flexibility index (Phi) is 4.05. The van der Waals surface area contributed by atoms with E-state index in [1.165, 1.54) is 0 Å². The van der Waals surface area contributed by atoms with Crippen LogP contribution in [0.3, 0.4) is 0 Å². The van der Waals surface area contributed by atoms with E-state index in [1.54, 1.807) is 7.11 Å². The quantitative estimate of drug-likeness (QED) is 0.752. The van der Waals surface area contributed by atoms with Gasteiger partial charge in [0.05, 0.1) is 19.3 Å². The number of ketones is 1. The zero-order valence-electron chi connectivity index (χ0n) is 16.9. The monoisotopic (exact) mass is 408 g/mol. The molecule has 0 amide bonds. The number of aromatic nitrogens is 1. The highest BCUT2D eigenvalue weighted by atomic mass is 16.6. The summed E-state index contributed by atoms with van der Waals surface area (Å²) in [4.78, 5) is 16.3. The van der Waals surface area contributed by atoms with Crippen molar-refractivity contribution < 1.29 is 23.5 Å². The third-order valence-corrected chi connectivity index (χ3v) is 6.92. The third kappa shape index (κ3) is 2.39. The van der Waals surface area contributed by atoms with Gasteiger partial charge in [-0.15, -0.1) is 0 Å². The highest BCUT2D eigenvalue weighted by Gasteiger charge is 2.69. The number of hydrogen-bond donors (Lipinski definition) is 0. The molecule has 2 fully saturated rings. The molecule has 4 heterocycles. The molecule has 0 N–H and O–H groups in total. The summed E-state index contributed by atoms with van der Waals surface area (Å²) in [5, 5.41) is 4.18. The zero-order chi connectivity index (χ0) is 20.3. The number of benzene rings is 1. The SMILES string of the molecule is COC1=C[C@@H]2CC3[C@H](N4CCCC4)c4onc(OCc5ccccc5)c4C(=O)[C@]13O2. The summed E-state index contributed by atoms with van der Waals surface area (Å²) < 4.78 is 23.7. The Morgan fingerprint density at radius 2 is 2.03 bits per heavy atom. The van der Waals surface area contributed by atoms with E-state index in [-0.39, 0.29) is 29.7 Å². The Morgan fingerprint density at radius 3 is 2.80 bits per heavy atom. The first kappa shape index (κ1) is 18.2. The molecular formula is C23H24N2O5. The fourth-order valence-electron chi connectivity index (χ4n) is 5.66. The van der Waals surface area contributed by atoms with Crippen LogP contribution in [0.2, 0.25) is 0 Å². The van der Waals surface area contributed by atoms with Gasteiger partial charge in [-0.3, -0.25) is 9.69 Å². The molecule has 1 aromatic carbocycles. The van der Waals surface area contributed by atoms with Crippen LogP contribution in [0.15, 0.2) is 46.7 Å². The van der Waals surface area contributed by atoms with Crippen molar-refractivity contribution in [2.24, 2.45) is 5.92 Å². The van der Waals surface area contributed by atoms with Gasteiger partial charge in [-0.25, -0.2) is 0 Å².